The molecule has 1 N–H and O–H groups in total. The predicted molar refractivity (Wildman–Crippen MR) is 133 cm³/mol. The summed E-state index contributed by atoms with van der Waals surface area (Å²) >= 11 is 1.45. The number of amidine groups is 2. The Morgan fingerprint density at radius 1 is 1.18 bits per heavy atom. The van der Waals surface area contributed by atoms with Crippen LogP contribution in [0.5, 0.6) is 5.75 Å². The van der Waals surface area contributed by atoms with Gasteiger partial charge in [0.25, 0.3) is 5.91 Å². The van der Waals surface area contributed by atoms with Gasteiger partial charge in [0.1, 0.15) is 10.8 Å². The molecule has 0 unspecified atom stereocenters. The molecule has 0 bridgehead atoms. The van der Waals surface area contributed by atoms with Crippen LogP contribution in [0.15, 0.2) is 46.0 Å². The van der Waals surface area contributed by atoms with Crippen LogP contribution in [0.4, 0.5) is 0 Å². The number of nitrogens with zero attached hydrogens (tertiary/aromatic N) is 4. The van der Waals surface area contributed by atoms with Crippen LogP contribution >= 0.6 is 11.8 Å². The predicted octanol–water partition coefficient (Wildman–Crippen LogP) is 5.30. The number of aliphatic imine (C=N–C) groups is 1. The summed E-state index contributed by atoms with van der Waals surface area (Å²) in [7, 11) is 1.66. The van der Waals surface area contributed by atoms with Gasteiger partial charge in [0.05, 0.1) is 18.4 Å². The summed E-state index contributed by atoms with van der Waals surface area (Å²) in [5.74, 6) is 0.881. The summed E-state index contributed by atoms with van der Waals surface area (Å²) in [6, 6.07) is 9.86. The van der Waals surface area contributed by atoms with E-state index in [2.05, 4.69) is 9.56 Å². The highest BCUT2D eigenvalue weighted by Gasteiger charge is 2.38. The van der Waals surface area contributed by atoms with E-state index in [-0.39, 0.29) is 17.3 Å². The summed E-state index contributed by atoms with van der Waals surface area (Å²) in [6.45, 7) is 4.02. The van der Waals surface area contributed by atoms with Crippen LogP contribution in [-0.4, -0.2) is 38.6 Å². The zero-order chi connectivity index (χ0) is 23.1. The van der Waals surface area contributed by atoms with Gasteiger partial charge in [-0.2, -0.15) is 15.1 Å². The first-order chi connectivity index (χ1) is 16.0. The van der Waals surface area contributed by atoms with Crippen molar-refractivity contribution in [2.24, 2.45) is 16.0 Å². The number of hydrogen-bond donors (Lipinski definition) is 1. The van der Waals surface area contributed by atoms with E-state index >= 15 is 0 Å². The Kier molecular flexibility index (Phi) is 5.70. The Hall–Kier alpha value is -3.13. The standard InChI is InChI=1S/C25H27N5O2S/c1-15-13-18(16(2)29(15)20-11-7-8-12-21(20)32-3)14-19-22(26)30-25(27-23(19)31)33-24(28-30)17-9-5-4-6-10-17/h7-8,11-14,17,26H,4-6,9-10H2,1-3H3/b19-14+,26-22?. The number of fused-ring (bicyclic) bond motifs is 1. The Labute approximate surface area is 197 Å². The first-order valence-corrected chi connectivity index (χ1v) is 12.1. The van der Waals surface area contributed by atoms with Gasteiger partial charge in [-0.15, -0.1) is 0 Å². The molecule has 0 spiro atoms. The summed E-state index contributed by atoms with van der Waals surface area (Å²) in [5.41, 5.74) is 4.03. The number of carbonyl (C=O) groups is 1. The molecule has 3 heterocycles. The third-order valence-electron chi connectivity index (χ3n) is 6.52. The molecule has 0 saturated heterocycles. The zero-order valence-electron chi connectivity index (χ0n) is 19.1. The highest BCUT2D eigenvalue weighted by atomic mass is 32.2. The zero-order valence-corrected chi connectivity index (χ0v) is 19.9. The maximum absolute atomic E-state index is 12.9. The average Bonchev–Trinajstić information content (AvgIpc) is 3.37. The largest absolute Gasteiger partial charge is 0.495 e. The number of aryl methyl sites for hydroxylation is 1. The first-order valence-electron chi connectivity index (χ1n) is 11.3. The smallest absolute Gasteiger partial charge is 0.283 e. The number of thioether (sulfide) groups is 1. The highest BCUT2D eigenvalue weighted by Crippen LogP contribution is 2.36. The third-order valence-corrected chi connectivity index (χ3v) is 7.59. The Bertz CT molecular complexity index is 1230. The lowest BCUT2D eigenvalue weighted by molar-refractivity contribution is -0.114. The van der Waals surface area contributed by atoms with Crippen molar-refractivity contribution in [3.05, 3.63) is 52.9 Å². The van der Waals surface area contributed by atoms with Gasteiger partial charge < -0.3 is 9.30 Å². The fourth-order valence-corrected chi connectivity index (χ4v) is 5.85. The normalized spacial score (nSPS) is 20.2. The summed E-state index contributed by atoms with van der Waals surface area (Å²) in [6.07, 6.45) is 7.68. The minimum atomic E-state index is -0.388. The maximum Gasteiger partial charge on any atom is 0.283 e. The molecule has 1 saturated carbocycles. The molecular weight excluding hydrogens is 434 g/mol. The van der Waals surface area contributed by atoms with Crippen LogP contribution < -0.4 is 4.74 Å². The van der Waals surface area contributed by atoms with Crippen LogP contribution in [0.25, 0.3) is 11.8 Å². The molecule has 0 atom stereocenters. The molecule has 33 heavy (non-hydrogen) atoms. The number of rotatable bonds is 4. The van der Waals surface area contributed by atoms with E-state index < -0.39 is 0 Å². The Morgan fingerprint density at radius 2 is 1.94 bits per heavy atom. The number of methoxy groups -OCH3 is 1. The lowest BCUT2D eigenvalue weighted by atomic mass is 9.90. The van der Waals surface area contributed by atoms with E-state index in [9.17, 15) is 4.79 Å². The second kappa shape index (κ2) is 8.67. The van der Waals surface area contributed by atoms with Crippen molar-refractivity contribution in [2.75, 3.05) is 7.11 Å². The molecule has 2 aromatic rings. The fourth-order valence-electron chi connectivity index (χ4n) is 4.80. The molecule has 5 rings (SSSR count). The number of hydrazone groups is 1. The molecule has 8 heteroatoms. The van der Waals surface area contributed by atoms with Crippen LogP contribution in [0.2, 0.25) is 0 Å². The number of aromatic nitrogens is 1. The summed E-state index contributed by atoms with van der Waals surface area (Å²) in [5, 5.41) is 16.4. The lowest BCUT2D eigenvalue weighted by Gasteiger charge is -2.20. The van der Waals surface area contributed by atoms with E-state index in [0.29, 0.717) is 11.1 Å². The molecule has 7 nitrogen and oxygen atoms in total. The fraction of sp³-hybridized carbons (Fsp3) is 0.360. The van der Waals surface area contributed by atoms with Gasteiger partial charge in [0.15, 0.2) is 5.84 Å². The van der Waals surface area contributed by atoms with Crippen molar-refractivity contribution < 1.29 is 9.53 Å². The van der Waals surface area contributed by atoms with Crippen molar-refractivity contribution in [3.8, 4) is 11.4 Å². The van der Waals surface area contributed by atoms with Gasteiger partial charge in [0.2, 0.25) is 5.17 Å². The number of hydrogen-bond acceptors (Lipinski definition) is 5. The van der Waals surface area contributed by atoms with E-state index in [0.717, 1.165) is 46.3 Å². The number of carbonyl (C=O) groups excluding carboxylic acids is 1. The van der Waals surface area contributed by atoms with Crippen molar-refractivity contribution in [1.82, 2.24) is 9.58 Å². The second-order valence-electron chi connectivity index (χ2n) is 8.63. The molecule has 1 amide bonds. The number of benzene rings is 1. The lowest BCUT2D eigenvalue weighted by Crippen LogP contribution is -2.35. The summed E-state index contributed by atoms with van der Waals surface area (Å²) < 4.78 is 7.64. The van der Waals surface area contributed by atoms with E-state index in [4.69, 9.17) is 15.2 Å². The van der Waals surface area contributed by atoms with Gasteiger partial charge in [-0.3, -0.25) is 10.2 Å². The molecular formula is C25H27N5O2S. The number of nitrogens with one attached hydrogen (secondary N) is 1. The molecule has 2 aliphatic heterocycles. The molecule has 1 aromatic carbocycles. The minimum Gasteiger partial charge on any atom is -0.495 e. The molecule has 170 valence electrons. The first kappa shape index (κ1) is 21.7. The van der Waals surface area contributed by atoms with E-state index in [1.807, 2.05) is 44.2 Å². The highest BCUT2D eigenvalue weighted by molar-refractivity contribution is 8.27. The van der Waals surface area contributed by atoms with Crippen LogP contribution in [0.3, 0.4) is 0 Å². The maximum atomic E-state index is 12.9. The Balaban J connectivity index is 1.49. The van der Waals surface area contributed by atoms with Crippen LogP contribution in [0, 0.1) is 25.2 Å². The summed E-state index contributed by atoms with van der Waals surface area (Å²) in [4.78, 5) is 17.2. The SMILES string of the molecule is COc1ccccc1-n1c(C)cc(/C=C2\C(=N)N3N=C(C4CCCCC4)SC3=NC2=O)c1C. The molecule has 1 aromatic heterocycles. The molecule has 3 aliphatic rings. The van der Waals surface area contributed by atoms with Crippen molar-refractivity contribution >= 4 is 39.8 Å². The molecule has 1 aliphatic carbocycles. The van der Waals surface area contributed by atoms with E-state index in [1.165, 1.54) is 36.0 Å². The molecule has 1 fully saturated rings. The van der Waals surface area contributed by atoms with Crippen LogP contribution in [0.1, 0.15) is 49.1 Å². The topological polar surface area (TPSA) is 83.0 Å². The minimum absolute atomic E-state index is 0.0883. The third kappa shape index (κ3) is 3.82. The van der Waals surface area contributed by atoms with Gasteiger partial charge in [0, 0.05) is 17.3 Å². The van der Waals surface area contributed by atoms with Gasteiger partial charge in [-0.05, 0) is 68.3 Å². The van der Waals surface area contributed by atoms with Crippen LogP contribution in [-0.2, 0) is 4.79 Å². The van der Waals surface area contributed by atoms with Gasteiger partial charge >= 0.3 is 0 Å². The van der Waals surface area contributed by atoms with Gasteiger partial charge in [-0.1, -0.05) is 31.4 Å². The number of amides is 1. The quantitative estimate of drug-likeness (QED) is 0.626. The van der Waals surface area contributed by atoms with Crippen molar-refractivity contribution in [3.63, 3.8) is 0 Å². The van der Waals surface area contributed by atoms with Gasteiger partial charge in [-0.25, -0.2) is 0 Å². The van der Waals surface area contributed by atoms with Crippen molar-refractivity contribution in [2.45, 2.75) is 46.0 Å². The van der Waals surface area contributed by atoms with E-state index in [1.54, 1.807) is 13.2 Å². The number of ether oxygens (including phenoxy) is 1. The Morgan fingerprint density at radius 3 is 2.70 bits per heavy atom. The second-order valence-corrected chi connectivity index (χ2v) is 9.61. The number of para-hydroxylation sites is 2. The monoisotopic (exact) mass is 461 g/mol. The van der Waals surface area contributed by atoms with Crippen molar-refractivity contribution in [1.29, 1.82) is 5.41 Å². The average molecular weight is 462 g/mol. The molecule has 0 radical (unpaired) electrons.